The van der Waals surface area contributed by atoms with Crippen molar-refractivity contribution in [2.75, 3.05) is 18.4 Å². The van der Waals surface area contributed by atoms with Gasteiger partial charge in [-0.25, -0.2) is 0 Å². The summed E-state index contributed by atoms with van der Waals surface area (Å²) in [7, 11) is 0. The largest absolute Gasteiger partial charge is 0.514 e. The second kappa shape index (κ2) is 10.2. The minimum atomic E-state index is -0.337. The van der Waals surface area contributed by atoms with Crippen LogP contribution in [0.15, 0.2) is 12.0 Å². The first-order valence-corrected chi connectivity index (χ1v) is 9.43. The summed E-state index contributed by atoms with van der Waals surface area (Å²) in [6.07, 6.45) is 1.91. The summed E-state index contributed by atoms with van der Waals surface area (Å²) in [5, 5.41) is 18.7. The highest BCUT2D eigenvalue weighted by Gasteiger charge is 2.44. The number of aliphatic hydroxyl groups is 1. The Kier molecular flexibility index (Phi) is 9.04. The van der Waals surface area contributed by atoms with Crippen LogP contribution in [-0.4, -0.2) is 53.6 Å². The average molecular weight is 408 g/mol. The number of rotatable bonds is 11. The van der Waals surface area contributed by atoms with Gasteiger partial charge in [0.2, 0.25) is 5.91 Å². The molecule has 0 bridgehead atoms. The van der Waals surface area contributed by atoms with Gasteiger partial charge in [-0.2, -0.15) is 0 Å². The molecule has 3 atom stereocenters. The minimum Gasteiger partial charge on any atom is -0.514 e. The number of hydrogen-bond acceptors (Lipinski definition) is 6. The number of alkyl halides is 1. The van der Waals surface area contributed by atoms with Gasteiger partial charge in [-0.3, -0.25) is 10.1 Å². The van der Waals surface area contributed by atoms with Crippen LogP contribution in [-0.2, 0) is 14.3 Å². The molecule has 2 unspecified atom stereocenters. The number of halogens is 1. The molecule has 0 aromatic carbocycles. The van der Waals surface area contributed by atoms with Crippen LogP contribution in [0.25, 0.3) is 0 Å². The highest BCUT2D eigenvalue weighted by molar-refractivity contribution is 9.09. The lowest BCUT2D eigenvalue weighted by molar-refractivity contribution is -0.123. The number of allylic oxidation sites excluding steroid dienone is 1. The van der Waals surface area contributed by atoms with Gasteiger partial charge in [0.15, 0.2) is 12.5 Å². The molecule has 1 heterocycles. The molecule has 1 rings (SSSR count). The van der Waals surface area contributed by atoms with Crippen LogP contribution in [0, 0.1) is 0 Å². The Morgan fingerprint density at radius 1 is 1.42 bits per heavy atom. The molecule has 0 saturated carbocycles. The minimum absolute atomic E-state index is 0.0408. The van der Waals surface area contributed by atoms with Crippen molar-refractivity contribution < 1.29 is 19.4 Å². The van der Waals surface area contributed by atoms with Crippen molar-refractivity contribution in [3.8, 4) is 0 Å². The molecule has 0 radical (unpaired) electrons. The monoisotopic (exact) mass is 407 g/mol. The molecule has 8 heteroatoms. The molecule has 0 aliphatic carbocycles. The molecule has 1 aliphatic heterocycles. The van der Waals surface area contributed by atoms with Crippen molar-refractivity contribution in [3.63, 3.8) is 0 Å². The Morgan fingerprint density at radius 3 is 2.67 bits per heavy atom. The molecule has 0 aromatic rings. The maximum absolute atomic E-state index is 12.2. The smallest absolute Gasteiger partial charge is 0.237 e. The van der Waals surface area contributed by atoms with E-state index in [4.69, 9.17) is 14.6 Å². The van der Waals surface area contributed by atoms with Crippen molar-refractivity contribution in [1.29, 1.82) is 0 Å². The van der Waals surface area contributed by atoms with Crippen molar-refractivity contribution in [1.82, 2.24) is 16.0 Å². The molecular weight excluding hydrogens is 378 g/mol. The molecule has 0 spiro atoms. The predicted molar refractivity (Wildman–Crippen MR) is 96.8 cm³/mol. The Labute approximate surface area is 152 Å². The van der Waals surface area contributed by atoms with E-state index in [1.54, 1.807) is 0 Å². The third-order valence-corrected chi connectivity index (χ3v) is 3.88. The van der Waals surface area contributed by atoms with E-state index in [0.29, 0.717) is 30.5 Å². The van der Waals surface area contributed by atoms with Gasteiger partial charge in [0.1, 0.15) is 0 Å². The second-order valence-corrected chi connectivity index (χ2v) is 7.19. The van der Waals surface area contributed by atoms with Crippen LogP contribution in [0.4, 0.5) is 0 Å². The fourth-order valence-electron chi connectivity index (χ4n) is 2.12. The van der Waals surface area contributed by atoms with Crippen molar-refractivity contribution >= 4 is 21.8 Å². The van der Waals surface area contributed by atoms with E-state index in [2.05, 4.69) is 31.9 Å². The number of ether oxygens (including phenoxy) is 2. The Bertz CT molecular complexity index is 426. The maximum Gasteiger partial charge on any atom is 0.237 e. The van der Waals surface area contributed by atoms with Gasteiger partial charge in [0, 0.05) is 18.4 Å². The number of hydrogen-bond donors (Lipinski definition) is 4. The van der Waals surface area contributed by atoms with Crippen molar-refractivity contribution in [3.05, 3.63) is 12.0 Å². The van der Waals surface area contributed by atoms with E-state index in [1.807, 2.05) is 27.7 Å². The van der Waals surface area contributed by atoms with E-state index in [1.165, 1.54) is 0 Å². The van der Waals surface area contributed by atoms with Crippen LogP contribution >= 0.6 is 15.9 Å². The SMILES string of the molecule is CCNC(=O)[C@H](CCCN/C(=C\O)CBr)NC1OC1OC(C)(C)C. The lowest BCUT2D eigenvalue weighted by atomic mass is 10.1. The zero-order valence-electron chi connectivity index (χ0n) is 14.9. The first kappa shape index (κ1) is 21.2. The zero-order chi connectivity index (χ0) is 18.2. The number of likely N-dealkylation sites (N-methyl/N-ethyl adjacent to an activating group) is 1. The molecule has 1 aliphatic rings. The third kappa shape index (κ3) is 8.32. The van der Waals surface area contributed by atoms with Crippen molar-refractivity contribution in [2.24, 2.45) is 0 Å². The molecule has 24 heavy (non-hydrogen) atoms. The van der Waals surface area contributed by atoms with Crippen LogP contribution in [0.3, 0.4) is 0 Å². The van der Waals surface area contributed by atoms with Gasteiger partial charge in [0.25, 0.3) is 0 Å². The van der Waals surface area contributed by atoms with Gasteiger partial charge >= 0.3 is 0 Å². The molecule has 1 saturated heterocycles. The maximum atomic E-state index is 12.2. The number of carbonyl (C=O) groups excluding carboxylic acids is 1. The van der Waals surface area contributed by atoms with Gasteiger partial charge in [-0.05, 0) is 40.5 Å². The molecular formula is C16H30BrN3O4. The quantitative estimate of drug-likeness (QED) is 0.180. The topological polar surface area (TPSA) is 95.2 Å². The molecule has 4 N–H and O–H groups in total. The summed E-state index contributed by atoms with van der Waals surface area (Å²) in [6.45, 7) is 9.05. The summed E-state index contributed by atoms with van der Waals surface area (Å²) < 4.78 is 11.2. The average Bonchev–Trinajstić information content (AvgIpc) is 3.21. The normalized spacial score (nSPS) is 22.1. The lowest BCUT2D eigenvalue weighted by Crippen LogP contribution is -2.46. The second-order valence-electron chi connectivity index (χ2n) is 6.63. The van der Waals surface area contributed by atoms with E-state index >= 15 is 0 Å². The van der Waals surface area contributed by atoms with Crippen LogP contribution < -0.4 is 16.0 Å². The third-order valence-electron chi connectivity index (χ3n) is 3.28. The van der Waals surface area contributed by atoms with E-state index in [0.717, 1.165) is 12.7 Å². The van der Waals surface area contributed by atoms with Crippen LogP contribution in [0.5, 0.6) is 0 Å². The zero-order valence-corrected chi connectivity index (χ0v) is 16.5. The fraction of sp³-hybridized carbons (Fsp3) is 0.812. The number of amides is 1. The summed E-state index contributed by atoms with van der Waals surface area (Å²) in [4.78, 5) is 12.2. The molecule has 1 amide bonds. The summed E-state index contributed by atoms with van der Waals surface area (Å²) in [5.41, 5.74) is 0.427. The van der Waals surface area contributed by atoms with Crippen LogP contribution in [0.1, 0.15) is 40.5 Å². The fourth-order valence-corrected chi connectivity index (χ4v) is 2.47. The lowest BCUT2D eigenvalue weighted by Gasteiger charge is -2.19. The summed E-state index contributed by atoms with van der Waals surface area (Å²) in [6, 6.07) is -0.337. The van der Waals surface area contributed by atoms with Gasteiger partial charge in [0.05, 0.1) is 23.6 Å². The number of epoxide rings is 1. The Hall–Kier alpha value is -0.830. The molecule has 7 nitrogen and oxygen atoms in total. The summed E-state index contributed by atoms with van der Waals surface area (Å²) >= 11 is 3.27. The Balaban J connectivity index is 2.41. The van der Waals surface area contributed by atoms with Gasteiger partial charge in [-0.1, -0.05) is 15.9 Å². The first-order valence-electron chi connectivity index (χ1n) is 8.30. The van der Waals surface area contributed by atoms with Crippen LogP contribution in [0.2, 0.25) is 0 Å². The standard InChI is InChI=1S/C16H30BrN3O4/c1-5-18-13(22)12(7-6-8-19-11(9-17)10-21)20-14-15(23-14)24-16(2,3)4/h10,12,14-15,19-21H,5-9H2,1-4H3,(H,18,22)/b11-10-/t12-,14?,15?/m0/s1. The molecule has 140 valence electrons. The number of carbonyl (C=O) groups is 1. The van der Waals surface area contributed by atoms with E-state index < -0.39 is 0 Å². The van der Waals surface area contributed by atoms with Gasteiger partial charge in [-0.15, -0.1) is 0 Å². The molecule has 1 fully saturated rings. The highest BCUT2D eigenvalue weighted by Crippen LogP contribution is 2.26. The van der Waals surface area contributed by atoms with Gasteiger partial charge < -0.3 is 25.2 Å². The highest BCUT2D eigenvalue weighted by atomic mass is 79.9. The predicted octanol–water partition coefficient (Wildman–Crippen LogP) is 1.74. The van der Waals surface area contributed by atoms with Crippen molar-refractivity contribution in [2.45, 2.75) is 64.7 Å². The molecule has 0 aromatic heterocycles. The van der Waals surface area contributed by atoms with E-state index in [9.17, 15) is 4.79 Å². The number of nitrogens with one attached hydrogen (secondary N) is 3. The number of aliphatic hydroxyl groups excluding tert-OH is 1. The Morgan fingerprint density at radius 2 is 2.12 bits per heavy atom. The first-order chi connectivity index (χ1) is 11.3. The van der Waals surface area contributed by atoms with E-state index in [-0.39, 0.29) is 30.1 Å². The summed E-state index contributed by atoms with van der Waals surface area (Å²) in [5.74, 6) is -0.0408.